The second-order valence-electron chi connectivity index (χ2n) is 7.35. The van der Waals surface area contributed by atoms with Gasteiger partial charge in [-0.2, -0.15) is 0 Å². The van der Waals surface area contributed by atoms with E-state index in [1.165, 1.54) is 0 Å². The summed E-state index contributed by atoms with van der Waals surface area (Å²) in [5.41, 5.74) is 2.71. The molecule has 2 aromatic rings. The highest BCUT2D eigenvalue weighted by Gasteiger charge is 2.32. The summed E-state index contributed by atoms with van der Waals surface area (Å²) >= 11 is 7.57. The fourth-order valence-electron chi connectivity index (χ4n) is 3.19. The molecular formula is C22H26ClN3O2S. The molecule has 1 fully saturated rings. The van der Waals surface area contributed by atoms with Crippen LogP contribution >= 0.6 is 23.4 Å². The maximum absolute atomic E-state index is 12.4. The smallest absolute Gasteiger partial charge is 0.251 e. The molecule has 0 aromatic heterocycles. The first-order chi connectivity index (χ1) is 13.9. The van der Waals surface area contributed by atoms with Crippen molar-refractivity contribution in [3.05, 3.63) is 70.2 Å². The molecular weight excluding hydrogens is 406 g/mol. The molecule has 2 aromatic carbocycles. The highest BCUT2D eigenvalue weighted by Crippen LogP contribution is 2.39. The van der Waals surface area contributed by atoms with Gasteiger partial charge < -0.3 is 15.1 Å². The zero-order valence-corrected chi connectivity index (χ0v) is 18.3. The van der Waals surface area contributed by atoms with Crippen LogP contribution < -0.4 is 5.32 Å². The van der Waals surface area contributed by atoms with Crippen molar-refractivity contribution < 1.29 is 9.59 Å². The number of nitrogens with zero attached hydrogens (tertiary/aromatic N) is 2. The van der Waals surface area contributed by atoms with Gasteiger partial charge in [-0.3, -0.25) is 9.59 Å². The van der Waals surface area contributed by atoms with Crippen LogP contribution in [0.15, 0.2) is 48.5 Å². The number of nitrogens with one attached hydrogen (secondary N) is 1. The van der Waals surface area contributed by atoms with Crippen molar-refractivity contribution >= 4 is 35.2 Å². The van der Waals surface area contributed by atoms with Gasteiger partial charge in [0.05, 0.1) is 5.75 Å². The third-order valence-electron chi connectivity index (χ3n) is 4.76. The number of halogens is 1. The van der Waals surface area contributed by atoms with Crippen molar-refractivity contribution in [3.63, 3.8) is 0 Å². The Hall–Kier alpha value is -2.02. The van der Waals surface area contributed by atoms with Crippen molar-refractivity contribution in [2.45, 2.75) is 18.3 Å². The Morgan fingerprint density at radius 2 is 1.86 bits per heavy atom. The van der Waals surface area contributed by atoms with E-state index in [4.69, 9.17) is 11.6 Å². The van der Waals surface area contributed by atoms with Gasteiger partial charge in [-0.05, 0) is 62.5 Å². The fraction of sp³-hybridized carbons (Fsp3) is 0.364. The largest absolute Gasteiger partial charge is 0.352 e. The molecule has 1 N–H and O–H groups in total. The lowest BCUT2D eigenvalue weighted by Crippen LogP contribution is -2.28. The second-order valence-corrected chi connectivity index (χ2v) is 8.85. The van der Waals surface area contributed by atoms with Crippen LogP contribution in [0.25, 0.3) is 0 Å². The van der Waals surface area contributed by atoms with Gasteiger partial charge in [0.2, 0.25) is 5.91 Å². The van der Waals surface area contributed by atoms with Crippen molar-refractivity contribution in [1.82, 2.24) is 15.1 Å². The van der Waals surface area contributed by atoms with Crippen LogP contribution in [0.3, 0.4) is 0 Å². The number of carbonyl (C=O) groups is 2. The van der Waals surface area contributed by atoms with E-state index in [2.05, 4.69) is 10.2 Å². The summed E-state index contributed by atoms with van der Waals surface area (Å²) in [5.74, 6) is 0.521. The molecule has 0 unspecified atom stereocenters. The third-order valence-corrected chi connectivity index (χ3v) is 6.27. The lowest BCUT2D eigenvalue weighted by Gasteiger charge is -2.24. The van der Waals surface area contributed by atoms with Gasteiger partial charge in [0.15, 0.2) is 0 Å². The molecule has 0 radical (unpaired) electrons. The molecule has 1 aliphatic rings. The summed E-state index contributed by atoms with van der Waals surface area (Å²) in [7, 11) is 4.03. The van der Waals surface area contributed by atoms with Gasteiger partial charge in [-0.15, -0.1) is 11.8 Å². The molecule has 5 nitrogen and oxygen atoms in total. The number of hydrogen-bond donors (Lipinski definition) is 1. The summed E-state index contributed by atoms with van der Waals surface area (Å²) in [6.07, 6.45) is 0.914. The third kappa shape index (κ3) is 5.98. The van der Waals surface area contributed by atoms with E-state index >= 15 is 0 Å². The molecule has 3 rings (SSSR count). The highest BCUT2D eigenvalue weighted by atomic mass is 35.5. The van der Waals surface area contributed by atoms with Crippen LogP contribution in [-0.2, 0) is 11.3 Å². The number of thioether (sulfide) groups is 1. The minimum atomic E-state index is -0.0662. The maximum atomic E-state index is 12.4. The SMILES string of the molecule is CN(C)CCCNC(=O)c1ccc([C@H]2SCC(=O)N2Cc2ccc(Cl)cc2)cc1. The van der Waals surface area contributed by atoms with Crippen molar-refractivity contribution in [2.75, 3.05) is 32.9 Å². The summed E-state index contributed by atoms with van der Waals surface area (Å²) < 4.78 is 0. The number of carbonyl (C=O) groups excluding carboxylic acids is 2. The first-order valence-electron chi connectivity index (χ1n) is 9.62. The Kier molecular flexibility index (Phi) is 7.58. The van der Waals surface area contributed by atoms with Crippen molar-refractivity contribution in [2.24, 2.45) is 0 Å². The van der Waals surface area contributed by atoms with Crippen LogP contribution in [0.4, 0.5) is 0 Å². The van der Waals surface area contributed by atoms with Gasteiger partial charge in [-0.25, -0.2) is 0 Å². The van der Waals surface area contributed by atoms with Gasteiger partial charge in [-0.1, -0.05) is 35.9 Å². The lowest BCUT2D eigenvalue weighted by molar-refractivity contribution is -0.128. The van der Waals surface area contributed by atoms with E-state index in [-0.39, 0.29) is 17.2 Å². The van der Waals surface area contributed by atoms with E-state index in [9.17, 15) is 9.59 Å². The average molecular weight is 432 g/mol. The summed E-state index contributed by atoms with van der Waals surface area (Å²) in [6.45, 7) is 2.14. The average Bonchev–Trinajstić information content (AvgIpc) is 3.07. The second kappa shape index (κ2) is 10.1. The Morgan fingerprint density at radius 1 is 1.17 bits per heavy atom. The molecule has 1 heterocycles. The van der Waals surface area contributed by atoms with E-state index in [1.807, 2.05) is 67.5 Å². The molecule has 0 spiro atoms. The van der Waals surface area contributed by atoms with Gasteiger partial charge >= 0.3 is 0 Å². The Morgan fingerprint density at radius 3 is 2.52 bits per heavy atom. The Balaban J connectivity index is 1.62. The van der Waals surface area contributed by atoms with E-state index in [0.717, 1.165) is 24.1 Å². The van der Waals surface area contributed by atoms with E-state index in [1.54, 1.807) is 11.8 Å². The Bertz CT molecular complexity index is 840. The van der Waals surface area contributed by atoms with Crippen molar-refractivity contribution in [3.8, 4) is 0 Å². The predicted octanol–water partition coefficient (Wildman–Crippen LogP) is 3.80. The molecule has 1 atom stereocenters. The van der Waals surface area contributed by atoms with Crippen LogP contribution in [0.1, 0.15) is 33.3 Å². The molecule has 154 valence electrons. The van der Waals surface area contributed by atoms with Crippen LogP contribution in [0, 0.1) is 0 Å². The standard InChI is InChI=1S/C22H26ClN3O2S/c1-25(2)13-3-12-24-21(28)17-6-8-18(9-7-17)22-26(20(27)15-29-22)14-16-4-10-19(23)11-5-16/h4-11,22H,3,12-15H2,1-2H3,(H,24,28)/t22-/m1/s1. The number of benzene rings is 2. The number of rotatable bonds is 8. The van der Waals surface area contributed by atoms with Crippen LogP contribution in [0.2, 0.25) is 5.02 Å². The summed E-state index contributed by atoms with van der Waals surface area (Å²) in [5, 5.41) is 3.59. The lowest BCUT2D eigenvalue weighted by atomic mass is 10.1. The number of hydrogen-bond acceptors (Lipinski definition) is 4. The van der Waals surface area contributed by atoms with Gasteiger partial charge in [0, 0.05) is 23.7 Å². The minimum absolute atomic E-state index is 0.0459. The monoisotopic (exact) mass is 431 g/mol. The molecule has 0 saturated carbocycles. The normalized spacial score (nSPS) is 16.5. The molecule has 1 saturated heterocycles. The van der Waals surface area contributed by atoms with E-state index < -0.39 is 0 Å². The van der Waals surface area contributed by atoms with Gasteiger partial charge in [0.25, 0.3) is 5.91 Å². The van der Waals surface area contributed by atoms with Crippen LogP contribution in [0.5, 0.6) is 0 Å². The van der Waals surface area contributed by atoms with Crippen LogP contribution in [-0.4, -0.2) is 54.6 Å². The topological polar surface area (TPSA) is 52.7 Å². The molecule has 2 amide bonds. The highest BCUT2D eigenvalue weighted by molar-refractivity contribution is 8.00. The first kappa shape index (κ1) is 21.7. The zero-order valence-electron chi connectivity index (χ0n) is 16.7. The zero-order chi connectivity index (χ0) is 20.8. The predicted molar refractivity (Wildman–Crippen MR) is 119 cm³/mol. The summed E-state index contributed by atoms with van der Waals surface area (Å²) in [4.78, 5) is 28.7. The number of amides is 2. The maximum Gasteiger partial charge on any atom is 0.251 e. The van der Waals surface area contributed by atoms with Gasteiger partial charge in [0.1, 0.15) is 5.37 Å². The van der Waals surface area contributed by atoms with E-state index in [0.29, 0.717) is 29.4 Å². The molecule has 1 aliphatic heterocycles. The Labute approximate surface area is 181 Å². The quantitative estimate of drug-likeness (QED) is 0.646. The molecule has 0 aliphatic carbocycles. The van der Waals surface area contributed by atoms with Crippen molar-refractivity contribution in [1.29, 1.82) is 0 Å². The molecule has 29 heavy (non-hydrogen) atoms. The first-order valence-corrected chi connectivity index (χ1v) is 11.0. The summed E-state index contributed by atoms with van der Waals surface area (Å²) in [6, 6.07) is 15.1. The fourth-order valence-corrected chi connectivity index (χ4v) is 4.50. The molecule has 7 heteroatoms. The minimum Gasteiger partial charge on any atom is -0.352 e. The molecule has 0 bridgehead atoms.